The zero-order valence-electron chi connectivity index (χ0n) is 12.5. The Hall–Kier alpha value is -0.160. The Labute approximate surface area is 113 Å². The Morgan fingerprint density at radius 2 is 1.11 bits per heavy atom. The van der Waals surface area contributed by atoms with Crippen LogP contribution < -0.4 is 0 Å². The van der Waals surface area contributed by atoms with Gasteiger partial charge in [0.25, 0.3) is 0 Å². The van der Waals surface area contributed by atoms with Crippen LogP contribution in [0.1, 0.15) is 33.6 Å². The molecule has 0 fully saturated rings. The van der Waals surface area contributed by atoms with Gasteiger partial charge in [-0.1, -0.05) is 13.8 Å². The average Bonchev–Trinajstić information content (AvgIpc) is 2.37. The molecular weight excluding hydrogens is 230 g/mol. The van der Waals surface area contributed by atoms with Gasteiger partial charge in [-0.15, -0.1) is 0 Å². The van der Waals surface area contributed by atoms with E-state index in [2.05, 4.69) is 18.7 Å². The number of hydrogen-bond acceptors (Lipinski definition) is 4. The van der Waals surface area contributed by atoms with E-state index in [1.54, 1.807) is 0 Å². The molecule has 0 heterocycles. The third-order valence-electron chi connectivity index (χ3n) is 2.58. The summed E-state index contributed by atoms with van der Waals surface area (Å²) in [5, 5.41) is 0. The van der Waals surface area contributed by atoms with E-state index in [9.17, 15) is 0 Å². The molecule has 0 aliphatic carbocycles. The van der Waals surface area contributed by atoms with Crippen LogP contribution in [0.3, 0.4) is 0 Å². The number of nitrogens with zero attached hydrogens (tertiary/aromatic N) is 1. The van der Waals surface area contributed by atoms with Crippen LogP contribution in [0.5, 0.6) is 0 Å². The summed E-state index contributed by atoms with van der Waals surface area (Å²) >= 11 is 0. The maximum Gasteiger partial charge on any atom is 0.0701 e. The number of rotatable bonds is 14. The van der Waals surface area contributed by atoms with Crippen LogP contribution in [0.25, 0.3) is 0 Å². The zero-order valence-corrected chi connectivity index (χ0v) is 12.5. The molecule has 18 heavy (non-hydrogen) atoms. The SMILES string of the molecule is CCCN(CCC)CCOCCOCCOCC. The summed E-state index contributed by atoms with van der Waals surface area (Å²) in [6.07, 6.45) is 2.42. The largest absolute Gasteiger partial charge is 0.379 e. The molecule has 0 aromatic carbocycles. The summed E-state index contributed by atoms with van der Waals surface area (Å²) in [5.74, 6) is 0. The Balaban J connectivity index is 3.21. The molecule has 0 bridgehead atoms. The molecule has 110 valence electrons. The van der Waals surface area contributed by atoms with Crippen molar-refractivity contribution < 1.29 is 14.2 Å². The van der Waals surface area contributed by atoms with E-state index in [-0.39, 0.29) is 0 Å². The second-order valence-electron chi connectivity index (χ2n) is 4.26. The summed E-state index contributed by atoms with van der Waals surface area (Å²) in [7, 11) is 0. The van der Waals surface area contributed by atoms with Crippen molar-refractivity contribution in [3.63, 3.8) is 0 Å². The summed E-state index contributed by atoms with van der Waals surface area (Å²) in [4.78, 5) is 2.45. The first kappa shape index (κ1) is 17.8. The van der Waals surface area contributed by atoms with Gasteiger partial charge in [-0.3, -0.25) is 0 Å². The second-order valence-corrected chi connectivity index (χ2v) is 4.26. The summed E-state index contributed by atoms with van der Waals surface area (Å²) < 4.78 is 16.1. The molecule has 0 rings (SSSR count). The second kappa shape index (κ2) is 14.9. The van der Waals surface area contributed by atoms with Crippen molar-refractivity contribution in [3.05, 3.63) is 0 Å². The van der Waals surface area contributed by atoms with Crippen LogP contribution in [-0.4, -0.2) is 64.2 Å². The quantitative estimate of drug-likeness (QED) is 0.448. The van der Waals surface area contributed by atoms with Crippen molar-refractivity contribution in [2.75, 3.05) is 59.3 Å². The summed E-state index contributed by atoms with van der Waals surface area (Å²) in [5.41, 5.74) is 0. The molecule has 4 nitrogen and oxygen atoms in total. The normalized spacial score (nSPS) is 11.3. The fourth-order valence-corrected chi connectivity index (χ4v) is 1.75. The van der Waals surface area contributed by atoms with Crippen LogP contribution in [0, 0.1) is 0 Å². The van der Waals surface area contributed by atoms with Gasteiger partial charge in [-0.2, -0.15) is 0 Å². The Morgan fingerprint density at radius 1 is 0.611 bits per heavy atom. The van der Waals surface area contributed by atoms with Crippen molar-refractivity contribution in [3.8, 4) is 0 Å². The van der Waals surface area contributed by atoms with Gasteiger partial charge in [0.05, 0.1) is 33.0 Å². The lowest BCUT2D eigenvalue weighted by Gasteiger charge is -2.20. The Bertz CT molecular complexity index is 150. The van der Waals surface area contributed by atoms with Gasteiger partial charge >= 0.3 is 0 Å². The van der Waals surface area contributed by atoms with E-state index in [4.69, 9.17) is 14.2 Å². The summed E-state index contributed by atoms with van der Waals surface area (Å²) in [6, 6.07) is 0. The third kappa shape index (κ3) is 12.3. The van der Waals surface area contributed by atoms with Crippen LogP contribution in [0.15, 0.2) is 0 Å². The predicted octanol–water partition coefficient (Wildman–Crippen LogP) is 2.18. The molecule has 0 saturated carbocycles. The maximum atomic E-state index is 5.56. The highest BCUT2D eigenvalue weighted by atomic mass is 16.5. The van der Waals surface area contributed by atoms with Gasteiger partial charge in [0.2, 0.25) is 0 Å². The monoisotopic (exact) mass is 261 g/mol. The first-order chi connectivity index (χ1) is 8.85. The minimum absolute atomic E-state index is 0.661. The van der Waals surface area contributed by atoms with Gasteiger partial charge in [0, 0.05) is 13.2 Å². The number of hydrogen-bond donors (Lipinski definition) is 0. The van der Waals surface area contributed by atoms with Crippen molar-refractivity contribution in [1.82, 2.24) is 4.90 Å². The minimum Gasteiger partial charge on any atom is -0.379 e. The molecule has 0 unspecified atom stereocenters. The predicted molar refractivity (Wildman–Crippen MR) is 75.2 cm³/mol. The van der Waals surface area contributed by atoms with Crippen molar-refractivity contribution in [2.45, 2.75) is 33.6 Å². The van der Waals surface area contributed by atoms with E-state index in [0.29, 0.717) is 26.4 Å². The van der Waals surface area contributed by atoms with Crippen molar-refractivity contribution in [2.24, 2.45) is 0 Å². The van der Waals surface area contributed by atoms with Gasteiger partial charge in [-0.05, 0) is 32.9 Å². The van der Waals surface area contributed by atoms with Gasteiger partial charge in [0.1, 0.15) is 0 Å². The van der Waals surface area contributed by atoms with Crippen molar-refractivity contribution in [1.29, 1.82) is 0 Å². The van der Waals surface area contributed by atoms with E-state index in [0.717, 1.165) is 19.8 Å². The molecule has 0 atom stereocenters. The summed E-state index contributed by atoms with van der Waals surface area (Å²) in [6.45, 7) is 14.0. The minimum atomic E-state index is 0.661. The first-order valence-corrected chi connectivity index (χ1v) is 7.30. The molecule has 0 aliphatic heterocycles. The van der Waals surface area contributed by atoms with Crippen LogP contribution >= 0.6 is 0 Å². The molecule has 0 aromatic rings. The highest BCUT2D eigenvalue weighted by Crippen LogP contribution is 1.94. The lowest BCUT2D eigenvalue weighted by molar-refractivity contribution is 0.0127. The zero-order chi connectivity index (χ0) is 13.5. The third-order valence-corrected chi connectivity index (χ3v) is 2.58. The van der Waals surface area contributed by atoms with Crippen LogP contribution in [0.4, 0.5) is 0 Å². The smallest absolute Gasteiger partial charge is 0.0701 e. The maximum absolute atomic E-state index is 5.56. The molecule has 0 N–H and O–H groups in total. The average molecular weight is 261 g/mol. The van der Waals surface area contributed by atoms with Crippen LogP contribution in [-0.2, 0) is 14.2 Å². The van der Waals surface area contributed by atoms with E-state index >= 15 is 0 Å². The fraction of sp³-hybridized carbons (Fsp3) is 1.00. The fourth-order valence-electron chi connectivity index (χ4n) is 1.75. The standard InChI is InChI=1S/C14H31NO3/c1-4-7-15(8-5-2)9-10-17-13-14-18-12-11-16-6-3/h4-14H2,1-3H3. The van der Waals surface area contributed by atoms with Crippen molar-refractivity contribution >= 4 is 0 Å². The lowest BCUT2D eigenvalue weighted by atomic mass is 10.3. The van der Waals surface area contributed by atoms with E-state index in [1.165, 1.54) is 25.9 Å². The van der Waals surface area contributed by atoms with Gasteiger partial charge < -0.3 is 19.1 Å². The number of ether oxygens (including phenoxy) is 3. The lowest BCUT2D eigenvalue weighted by Crippen LogP contribution is -2.29. The van der Waals surface area contributed by atoms with E-state index < -0.39 is 0 Å². The molecule has 4 heteroatoms. The highest BCUT2D eigenvalue weighted by molar-refractivity contribution is 4.55. The van der Waals surface area contributed by atoms with Crippen LogP contribution in [0.2, 0.25) is 0 Å². The molecule has 0 amide bonds. The van der Waals surface area contributed by atoms with E-state index in [1.807, 2.05) is 6.92 Å². The van der Waals surface area contributed by atoms with Gasteiger partial charge in [-0.25, -0.2) is 0 Å². The first-order valence-electron chi connectivity index (χ1n) is 7.30. The Morgan fingerprint density at radius 3 is 1.61 bits per heavy atom. The molecule has 0 saturated heterocycles. The highest BCUT2D eigenvalue weighted by Gasteiger charge is 2.01. The molecular formula is C14H31NO3. The molecule has 0 aliphatic rings. The molecule has 0 spiro atoms. The van der Waals surface area contributed by atoms with Gasteiger partial charge in [0.15, 0.2) is 0 Å². The molecule has 0 aromatic heterocycles. The molecule has 0 radical (unpaired) electrons. The Kier molecular flexibility index (Phi) is 14.8. The topological polar surface area (TPSA) is 30.9 Å².